The summed E-state index contributed by atoms with van der Waals surface area (Å²) in [6.45, 7) is 3.90. The van der Waals surface area contributed by atoms with Crippen molar-refractivity contribution in [1.29, 1.82) is 0 Å². The molecule has 1 saturated heterocycles. The summed E-state index contributed by atoms with van der Waals surface area (Å²) in [6.07, 6.45) is 2.47. The smallest absolute Gasteiger partial charge is 0.160 e. The van der Waals surface area contributed by atoms with Crippen LogP contribution in [0.1, 0.15) is 18.4 Å². The van der Waals surface area contributed by atoms with Gasteiger partial charge in [0.1, 0.15) is 0 Å². The zero-order chi connectivity index (χ0) is 13.7. The van der Waals surface area contributed by atoms with Crippen molar-refractivity contribution >= 4 is 0 Å². The summed E-state index contributed by atoms with van der Waals surface area (Å²) in [5, 5.41) is 9.79. The van der Waals surface area contributed by atoms with Gasteiger partial charge in [0.25, 0.3) is 0 Å². The highest BCUT2D eigenvalue weighted by molar-refractivity contribution is 5.41. The molecule has 1 atom stereocenters. The highest BCUT2D eigenvalue weighted by Crippen LogP contribution is 2.27. The SMILES string of the molecule is COCC1CCCN(Cc2ccc(OC)c(O)c2)C1. The number of methoxy groups -OCH3 is 2. The lowest BCUT2D eigenvalue weighted by molar-refractivity contribution is 0.0873. The molecule has 1 fully saturated rings. The Morgan fingerprint density at radius 3 is 2.89 bits per heavy atom. The van der Waals surface area contributed by atoms with Crippen LogP contribution in [0, 0.1) is 5.92 Å². The number of rotatable bonds is 5. The van der Waals surface area contributed by atoms with E-state index in [1.807, 2.05) is 12.1 Å². The van der Waals surface area contributed by atoms with E-state index >= 15 is 0 Å². The van der Waals surface area contributed by atoms with E-state index in [2.05, 4.69) is 4.90 Å². The van der Waals surface area contributed by atoms with Gasteiger partial charge in [-0.3, -0.25) is 4.90 Å². The highest BCUT2D eigenvalue weighted by Gasteiger charge is 2.20. The summed E-state index contributed by atoms with van der Waals surface area (Å²) < 4.78 is 10.3. The van der Waals surface area contributed by atoms with Crippen LogP contribution in [-0.2, 0) is 11.3 Å². The number of nitrogens with zero attached hydrogens (tertiary/aromatic N) is 1. The predicted molar refractivity (Wildman–Crippen MR) is 74.5 cm³/mol. The fraction of sp³-hybridized carbons (Fsp3) is 0.600. The van der Waals surface area contributed by atoms with Crippen molar-refractivity contribution in [3.8, 4) is 11.5 Å². The van der Waals surface area contributed by atoms with Crippen LogP contribution in [-0.4, -0.2) is 43.9 Å². The Kier molecular flexibility index (Phi) is 5.05. The fourth-order valence-electron chi connectivity index (χ4n) is 2.76. The molecular weight excluding hydrogens is 242 g/mol. The second kappa shape index (κ2) is 6.78. The number of piperidine rings is 1. The Labute approximate surface area is 114 Å². The molecule has 1 aliphatic rings. The van der Waals surface area contributed by atoms with E-state index in [1.165, 1.54) is 12.8 Å². The van der Waals surface area contributed by atoms with Crippen LogP contribution in [0.2, 0.25) is 0 Å². The summed E-state index contributed by atoms with van der Waals surface area (Å²) in [5.74, 6) is 1.37. The van der Waals surface area contributed by atoms with Crippen LogP contribution in [0.15, 0.2) is 18.2 Å². The van der Waals surface area contributed by atoms with Gasteiger partial charge in [0, 0.05) is 20.2 Å². The molecule has 0 radical (unpaired) electrons. The van der Waals surface area contributed by atoms with Crippen LogP contribution >= 0.6 is 0 Å². The normalized spacial score (nSPS) is 20.4. The minimum atomic E-state index is 0.213. The number of aromatic hydroxyl groups is 1. The Morgan fingerprint density at radius 2 is 2.21 bits per heavy atom. The Bertz CT molecular complexity index is 406. The minimum Gasteiger partial charge on any atom is -0.504 e. The lowest BCUT2D eigenvalue weighted by atomic mass is 9.98. The van der Waals surface area contributed by atoms with E-state index in [1.54, 1.807) is 20.3 Å². The first-order valence-corrected chi connectivity index (χ1v) is 6.80. The monoisotopic (exact) mass is 265 g/mol. The average molecular weight is 265 g/mol. The summed E-state index contributed by atoms with van der Waals surface area (Å²) in [4.78, 5) is 2.43. The number of likely N-dealkylation sites (tertiary alicyclic amines) is 1. The standard InChI is InChI=1S/C15H23NO3/c1-18-11-13-4-3-7-16(10-13)9-12-5-6-15(19-2)14(17)8-12/h5-6,8,13,17H,3-4,7,9-11H2,1-2H3. The first kappa shape index (κ1) is 14.2. The van der Waals surface area contributed by atoms with E-state index in [0.717, 1.165) is 31.8 Å². The van der Waals surface area contributed by atoms with E-state index in [-0.39, 0.29) is 5.75 Å². The van der Waals surface area contributed by atoms with E-state index in [9.17, 15) is 5.11 Å². The second-order valence-corrected chi connectivity index (χ2v) is 5.20. The maximum atomic E-state index is 9.79. The third-order valence-corrected chi connectivity index (χ3v) is 3.65. The highest BCUT2D eigenvalue weighted by atomic mass is 16.5. The quantitative estimate of drug-likeness (QED) is 0.886. The first-order valence-electron chi connectivity index (χ1n) is 6.80. The van der Waals surface area contributed by atoms with Crippen LogP contribution in [0.3, 0.4) is 0 Å². The maximum absolute atomic E-state index is 9.79. The predicted octanol–water partition coefficient (Wildman–Crippen LogP) is 2.26. The zero-order valence-corrected chi connectivity index (χ0v) is 11.8. The van der Waals surface area contributed by atoms with Crippen molar-refractivity contribution in [2.24, 2.45) is 5.92 Å². The summed E-state index contributed by atoms with van der Waals surface area (Å²) in [5.41, 5.74) is 1.12. The summed E-state index contributed by atoms with van der Waals surface area (Å²) >= 11 is 0. The number of hydrogen-bond donors (Lipinski definition) is 1. The minimum absolute atomic E-state index is 0.213. The zero-order valence-electron chi connectivity index (χ0n) is 11.8. The molecule has 106 valence electrons. The molecule has 0 amide bonds. The molecule has 0 aliphatic carbocycles. The molecule has 4 heteroatoms. The molecular formula is C15H23NO3. The lowest BCUT2D eigenvalue weighted by Gasteiger charge is -2.32. The number of phenols is 1. The van der Waals surface area contributed by atoms with Crippen molar-refractivity contribution in [3.05, 3.63) is 23.8 Å². The molecule has 1 heterocycles. The van der Waals surface area contributed by atoms with Crippen molar-refractivity contribution < 1.29 is 14.6 Å². The van der Waals surface area contributed by atoms with Crippen molar-refractivity contribution in [2.45, 2.75) is 19.4 Å². The lowest BCUT2D eigenvalue weighted by Crippen LogP contribution is -2.36. The van der Waals surface area contributed by atoms with Crippen molar-refractivity contribution in [2.75, 3.05) is 33.9 Å². The molecule has 1 unspecified atom stereocenters. The first-order chi connectivity index (χ1) is 9.22. The Hall–Kier alpha value is -1.26. The van der Waals surface area contributed by atoms with Gasteiger partial charge in [0.05, 0.1) is 13.7 Å². The van der Waals surface area contributed by atoms with E-state index in [4.69, 9.17) is 9.47 Å². The molecule has 1 aromatic rings. The number of ether oxygens (including phenoxy) is 2. The fourth-order valence-corrected chi connectivity index (χ4v) is 2.76. The molecule has 0 spiro atoms. The molecule has 1 N–H and O–H groups in total. The molecule has 0 saturated carbocycles. The van der Waals surface area contributed by atoms with Crippen molar-refractivity contribution in [1.82, 2.24) is 4.90 Å². The molecule has 1 aliphatic heterocycles. The van der Waals surface area contributed by atoms with Gasteiger partial charge in [-0.15, -0.1) is 0 Å². The topological polar surface area (TPSA) is 41.9 Å². The molecule has 2 rings (SSSR count). The molecule has 0 bridgehead atoms. The van der Waals surface area contributed by atoms with Crippen molar-refractivity contribution in [3.63, 3.8) is 0 Å². The summed E-state index contributed by atoms with van der Waals surface area (Å²) in [7, 11) is 3.33. The van der Waals surface area contributed by atoms with Crippen LogP contribution in [0.4, 0.5) is 0 Å². The Balaban J connectivity index is 1.94. The van der Waals surface area contributed by atoms with E-state index < -0.39 is 0 Å². The maximum Gasteiger partial charge on any atom is 0.160 e. The van der Waals surface area contributed by atoms with Gasteiger partial charge in [-0.2, -0.15) is 0 Å². The van der Waals surface area contributed by atoms with Gasteiger partial charge in [0.2, 0.25) is 0 Å². The van der Waals surface area contributed by atoms with Crippen LogP contribution in [0.5, 0.6) is 11.5 Å². The molecule has 1 aromatic carbocycles. The van der Waals surface area contributed by atoms with Gasteiger partial charge in [-0.05, 0) is 43.0 Å². The summed E-state index contributed by atoms with van der Waals surface area (Å²) in [6, 6.07) is 5.62. The number of benzene rings is 1. The van der Waals surface area contributed by atoms with Gasteiger partial charge in [0.15, 0.2) is 11.5 Å². The average Bonchev–Trinajstić information content (AvgIpc) is 2.40. The van der Waals surface area contributed by atoms with E-state index in [0.29, 0.717) is 11.7 Å². The number of hydrogen-bond acceptors (Lipinski definition) is 4. The van der Waals surface area contributed by atoms with Gasteiger partial charge >= 0.3 is 0 Å². The molecule has 0 aromatic heterocycles. The molecule has 4 nitrogen and oxygen atoms in total. The van der Waals surface area contributed by atoms with Gasteiger partial charge in [-0.1, -0.05) is 6.07 Å². The van der Waals surface area contributed by atoms with Crippen LogP contribution in [0.25, 0.3) is 0 Å². The van der Waals surface area contributed by atoms with Crippen LogP contribution < -0.4 is 4.74 Å². The number of phenolic OH excluding ortho intramolecular Hbond substituents is 1. The third-order valence-electron chi connectivity index (χ3n) is 3.65. The molecule has 19 heavy (non-hydrogen) atoms. The third kappa shape index (κ3) is 3.85. The second-order valence-electron chi connectivity index (χ2n) is 5.20. The van der Waals surface area contributed by atoms with Gasteiger partial charge < -0.3 is 14.6 Å². The Morgan fingerprint density at radius 1 is 1.37 bits per heavy atom. The largest absolute Gasteiger partial charge is 0.504 e. The van der Waals surface area contributed by atoms with Gasteiger partial charge in [-0.25, -0.2) is 0 Å².